The molecule has 0 atom stereocenters. The molecule has 0 saturated heterocycles. The molecule has 1 rings (SSSR count). The lowest BCUT2D eigenvalue weighted by atomic mass is 9.96. The number of hydrogen-bond donors (Lipinski definition) is 0. The second kappa shape index (κ2) is 5.01. The van der Waals surface area contributed by atoms with E-state index in [1.165, 1.54) is 0 Å². The second-order valence-corrected chi connectivity index (χ2v) is 4.20. The van der Waals surface area contributed by atoms with Crippen molar-refractivity contribution in [2.24, 2.45) is 5.41 Å². The molecule has 0 N–H and O–H groups in total. The van der Waals surface area contributed by atoms with Crippen molar-refractivity contribution in [2.75, 3.05) is 20.3 Å². The van der Waals surface area contributed by atoms with Crippen LogP contribution in [0.2, 0.25) is 0 Å². The maximum atomic E-state index is 5.64. The highest BCUT2D eigenvalue weighted by molar-refractivity contribution is 5.20. The van der Waals surface area contributed by atoms with Gasteiger partial charge in [-0.3, -0.25) is 0 Å². The molecule has 0 heterocycles. The molecule has 2 nitrogen and oxygen atoms in total. The zero-order chi connectivity index (χ0) is 10.4. The van der Waals surface area contributed by atoms with Crippen LogP contribution in [0, 0.1) is 5.41 Å². The molecule has 0 fully saturated rings. The van der Waals surface area contributed by atoms with Gasteiger partial charge < -0.3 is 9.47 Å². The Bertz CT molecular complexity index is 254. The fourth-order valence-electron chi connectivity index (χ4n) is 1.23. The number of benzene rings is 1. The summed E-state index contributed by atoms with van der Waals surface area (Å²) in [6.45, 7) is 5.63. The molecular formula is C12H18O2. The Morgan fingerprint density at radius 3 is 2.29 bits per heavy atom. The molecule has 1 aromatic carbocycles. The van der Waals surface area contributed by atoms with Crippen molar-refractivity contribution in [2.45, 2.75) is 13.8 Å². The number of para-hydroxylation sites is 1. The number of hydrogen-bond acceptors (Lipinski definition) is 2. The van der Waals surface area contributed by atoms with E-state index in [2.05, 4.69) is 13.8 Å². The van der Waals surface area contributed by atoms with Crippen LogP contribution in [0.4, 0.5) is 0 Å². The monoisotopic (exact) mass is 194 g/mol. The van der Waals surface area contributed by atoms with Crippen molar-refractivity contribution >= 4 is 0 Å². The van der Waals surface area contributed by atoms with Crippen molar-refractivity contribution < 1.29 is 9.47 Å². The maximum absolute atomic E-state index is 5.64. The summed E-state index contributed by atoms with van der Waals surface area (Å²) in [6.07, 6.45) is 0. The SMILES string of the molecule is COCC(C)(C)COc1ccccc1. The van der Waals surface area contributed by atoms with Crippen LogP contribution in [-0.4, -0.2) is 20.3 Å². The van der Waals surface area contributed by atoms with E-state index in [0.29, 0.717) is 13.2 Å². The summed E-state index contributed by atoms with van der Waals surface area (Å²) in [5, 5.41) is 0. The van der Waals surface area contributed by atoms with Gasteiger partial charge in [0.15, 0.2) is 0 Å². The van der Waals surface area contributed by atoms with E-state index in [9.17, 15) is 0 Å². The van der Waals surface area contributed by atoms with Gasteiger partial charge in [0.25, 0.3) is 0 Å². The van der Waals surface area contributed by atoms with Gasteiger partial charge in [-0.1, -0.05) is 32.0 Å². The molecule has 0 bridgehead atoms. The molecule has 14 heavy (non-hydrogen) atoms. The Kier molecular flexibility index (Phi) is 3.96. The van der Waals surface area contributed by atoms with Gasteiger partial charge in [0, 0.05) is 12.5 Å². The Morgan fingerprint density at radius 1 is 1.07 bits per heavy atom. The van der Waals surface area contributed by atoms with Crippen molar-refractivity contribution in [1.82, 2.24) is 0 Å². The summed E-state index contributed by atoms with van der Waals surface area (Å²) in [5.74, 6) is 0.914. The predicted molar refractivity (Wildman–Crippen MR) is 57.6 cm³/mol. The van der Waals surface area contributed by atoms with Gasteiger partial charge in [-0.15, -0.1) is 0 Å². The first-order valence-corrected chi connectivity index (χ1v) is 4.81. The van der Waals surface area contributed by atoms with Crippen LogP contribution in [-0.2, 0) is 4.74 Å². The van der Waals surface area contributed by atoms with E-state index in [-0.39, 0.29) is 5.41 Å². The second-order valence-electron chi connectivity index (χ2n) is 4.20. The van der Waals surface area contributed by atoms with E-state index in [4.69, 9.17) is 9.47 Å². The van der Waals surface area contributed by atoms with E-state index < -0.39 is 0 Å². The van der Waals surface area contributed by atoms with Gasteiger partial charge >= 0.3 is 0 Å². The highest BCUT2D eigenvalue weighted by Gasteiger charge is 2.18. The molecule has 0 aromatic heterocycles. The fourth-order valence-corrected chi connectivity index (χ4v) is 1.23. The largest absolute Gasteiger partial charge is 0.493 e. The molecule has 0 aliphatic carbocycles. The first-order valence-electron chi connectivity index (χ1n) is 4.81. The average molecular weight is 194 g/mol. The van der Waals surface area contributed by atoms with Gasteiger partial charge in [0.05, 0.1) is 13.2 Å². The highest BCUT2D eigenvalue weighted by atomic mass is 16.5. The van der Waals surface area contributed by atoms with Crippen LogP contribution < -0.4 is 4.74 Å². The Hall–Kier alpha value is -1.02. The third-order valence-electron chi connectivity index (χ3n) is 1.91. The molecule has 0 radical (unpaired) electrons. The minimum absolute atomic E-state index is 0.0601. The zero-order valence-electron chi connectivity index (χ0n) is 9.12. The van der Waals surface area contributed by atoms with Crippen molar-refractivity contribution in [3.63, 3.8) is 0 Å². The minimum Gasteiger partial charge on any atom is -0.493 e. The minimum atomic E-state index is 0.0601. The van der Waals surface area contributed by atoms with Crippen LogP contribution in [0.25, 0.3) is 0 Å². The van der Waals surface area contributed by atoms with Crippen molar-refractivity contribution in [3.05, 3.63) is 30.3 Å². The fraction of sp³-hybridized carbons (Fsp3) is 0.500. The summed E-state index contributed by atoms with van der Waals surface area (Å²) >= 11 is 0. The lowest BCUT2D eigenvalue weighted by Crippen LogP contribution is -2.26. The van der Waals surface area contributed by atoms with E-state index >= 15 is 0 Å². The van der Waals surface area contributed by atoms with Crippen molar-refractivity contribution in [1.29, 1.82) is 0 Å². The Morgan fingerprint density at radius 2 is 1.71 bits per heavy atom. The smallest absolute Gasteiger partial charge is 0.119 e. The number of methoxy groups -OCH3 is 1. The lowest BCUT2D eigenvalue weighted by Gasteiger charge is -2.23. The van der Waals surface area contributed by atoms with Crippen LogP contribution in [0.3, 0.4) is 0 Å². The molecule has 78 valence electrons. The lowest BCUT2D eigenvalue weighted by molar-refractivity contribution is 0.0644. The number of ether oxygens (including phenoxy) is 2. The van der Waals surface area contributed by atoms with Gasteiger partial charge in [0.1, 0.15) is 5.75 Å². The Labute approximate surface area is 85.8 Å². The summed E-state index contributed by atoms with van der Waals surface area (Å²) in [7, 11) is 1.71. The molecular weight excluding hydrogens is 176 g/mol. The first kappa shape index (κ1) is 11.1. The maximum Gasteiger partial charge on any atom is 0.119 e. The average Bonchev–Trinajstić information content (AvgIpc) is 2.17. The predicted octanol–water partition coefficient (Wildman–Crippen LogP) is 2.74. The summed E-state index contributed by atoms with van der Waals surface area (Å²) in [4.78, 5) is 0. The molecule has 0 aliphatic heterocycles. The standard InChI is InChI=1S/C12H18O2/c1-12(2,9-13-3)10-14-11-7-5-4-6-8-11/h4-8H,9-10H2,1-3H3. The topological polar surface area (TPSA) is 18.5 Å². The number of rotatable bonds is 5. The summed E-state index contributed by atoms with van der Waals surface area (Å²) in [6, 6.07) is 9.84. The molecule has 0 amide bonds. The van der Waals surface area contributed by atoms with Crippen LogP contribution >= 0.6 is 0 Å². The van der Waals surface area contributed by atoms with Gasteiger partial charge in [-0.05, 0) is 12.1 Å². The first-order chi connectivity index (χ1) is 6.64. The van der Waals surface area contributed by atoms with Gasteiger partial charge in [-0.25, -0.2) is 0 Å². The van der Waals surface area contributed by atoms with E-state index in [1.54, 1.807) is 7.11 Å². The van der Waals surface area contributed by atoms with Crippen LogP contribution in [0.15, 0.2) is 30.3 Å². The normalized spacial score (nSPS) is 11.4. The van der Waals surface area contributed by atoms with Crippen molar-refractivity contribution in [3.8, 4) is 5.75 Å². The van der Waals surface area contributed by atoms with Crippen LogP contribution in [0.5, 0.6) is 5.75 Å². The van der Waals surface area contributed by atoms with E-state index in [0.717, 1.165) is 5.75 Å². The highest BCUT2D eigenvalue weighted by Crippen LogP contribution is 2.18. The molecule has 0 spiro atoms. The molecule has 2 heteroatoms. The summed E-state index contributed by atoms with van der Waals surface area (Å²) in [5.41, 5.74) is 0.0601. The van der Waals surface area contributed by atoms with E-state index in [1.807, 2.05) is 30.3 Å². The summed E-state index contributed by atoms with van der Waals surface area (Å²) < 4.78 is 10.8. The third kappa shape index (κ3) is 3.79. The Balaban J connectivity index is 2.40. The van der Waals surface area contributed by atoms with Crippen LogP contribution in [0.1, 0.15) is 13.8 Å². The molecule has 0 aliphatic rings. The molecule has 0 unspecified atom stereocenters. The molecule has 0 saturated carbocycles. The zero-order valence-corrected chi connectivity index (χ0v) is 9.12. The van der Waals surface area contributed by atoms with Gasteiger partial charge in [0.2, 0.25) is 0 Å². The molecule has 1 aromatic rings. The quantitative estimate of drug-likeness (QED) is 0.717. The van der Waals surface area contributed by atoms with Gasteiger partial charge in [-0.2, -0.15) is 0 Å². The third-order valence-corrected chi connectivity index (χ3v) is 1.91.